The third-order valence-corrected chi connectivity index (χ3v) is 4.32. The highest BCUT2D eigenvalue weighted by molar-refractivity contribution is 9.10. The average Bonchev–Trinajstić information content (AvgIpc) is 2.84. The van der Waals surface area contributed by atoms with Crippen LogP contribution in [0.2, 0.25) is 0 Å². The molecule has 1 unspecified atom stereocenters. The molecule has 2 rings (SSSR count). The third kappa shape index (κ3) is 4.18. The lowest BCUT2D eigenvalue weighted by molar-refractivity contribution is 0.0697. The minimum absolute atomic E-state index is 0.129. The molecule has 3 N–H and O–H groups in total. The third-order valence-electron chi connectivity index (χ3n) is 3.63. The van der Waals surface area contributed by atoms with E-state index in [0.29, 0.717) is 22.7 Å². The zero-order valence-corrected chi connectivity index (χ0v) is 13.3. The van der Waals surface area contributed by atoms with Crippen LogP contribution in [-0.2, 0) is 0 Å². The fourth-order valence-electron chi connectivity index (χ4n) is 2.37. The molecule has 7 heteroatoms. The molecule has 1 aliphatic rings. The van der Waals surface area contributed by atoms with Crippen molar-refractivity contribution in [3.63, 3.8) is 0 Å². The highest BCUT2D eigenvalue weighted by Gasteiger charge is 2.21. The summed E-state index contributed by atoms with van der Waals surface area (Å²) < 4.78 is 0.639. The van der Waals surface area contributed by atoms with Crippen LogP contribution < -0.4 is 10.6 Å². The number of carboxylic acid groups (broad SMARTS) is 1. The van der Waals surface area contributed by atoms with Crippen LogP contribution in [0.25, 0.3) is 0 Å². The van der Waals surface area contributed by atoms with Crippen LogP contribution in [0.3, 0.4) is 0 Å². The number of nitrogens with one attached hydrogen (secondary N) is 2. The second kappa shape index (κ2) is 6.91. The maximum atomic E-state index is 11.9. The molecular weight excluding hydrogens is 338 g/mol. The monoisotopic (exact) mass is 355 g/mol. The van der Waals surface area contributed by atoms with Crippen LogP contribution in [0, 0.1) is 0 Å². The van der Waals surface area contributed by atoms with Gasteiger partial charge in [-0.05, 0) is 60.6 Å². The van der Waals surface area contributed by atoms with Crippen LogP contribution in [0.15, 0.2) is 22.7 Å². The molecule has 0 saturated carbocycles. The highest BCUT2D eigenvalue weighted by atomic mass is 79.9. The van der Waals surface area contributed by atoms with E-state index in [1.807, 2.05) is 7.05 Å². The summed E-state index contributed by atoms with van der Waals surface area (Å²) in [6.07, 6.45) is 2.23. The van der Waals surface area contributed by atoms with E-state index in [1.165, 1.54) is 12.1 Å². The van der Waals surface area contributed by atoms with Gasteiger partial charge in [0, 0.05) is 17.1 Å². The number of carboxylic acids is 1. The van der Waals surface area contributed by atoms with Crippen molar-refractivity contribution in [2.75, 3.05) is 25.5 Å². The van der Waals surface area contributed by atoms with Crippen molar-refractivity contribution in [1.29, 1.82) is 0 Å². The smallest absolute Gasteiger partial charge is 0.335 e. The fourth-order valence-corrected chi connectivity index (χ4v) is 2.71. The van der Waals surface area contributed by atoms with Gasteiger partial charge in [-0.3, -0.25) is 0 Å². The second-order valence-electron chi connectivity index (χ2n) is 5.11. The van der Waals surface area contributed by atoms with Crippen molar-refractivity contribution < 1.29 is 14.7 Å². The first-order valence-electron chi connectivity index (χ1n) is 6.75. The molecule has 114 valence electrons. The summed E-state index contributed by atoms with van der Waals surface area (Å²) in [5, 5.41) is 14.4. The Labute approximate surface area is 131 Å². The lowest BCUT2D eigenvalue weighted by Crippen LogP contribution is -2.40. The molecule has 1 fully saturated rings. The van der Waals surface area contributed by atoms with Gasteiger partial charge in [0.15, 0.2) is 0 Å². The van der Waals surface area contributed by atoms with Crippen LogP contribution in [-0.4, -0.2) is 48.2 Å². The number of nitrogens with zero attached hydrogens (tertiary/aromatic N) is 1. The lowest BCUT2D eigenvalue weighted by atomic mass is 10.2. The summed E-state index contributed by atoms with van der Waals surface area (Å²) in [6.45, 7) is 1.64. The maximum absolute atomic E-state index is 11.9. The SMILES string of the molecule is CN1CCCC1CNC(=O)Nc1cc(C(=O)O)ccc1Br. The number of hydrogen-bond acceptors (Lipinski definition) is 3. The van der Waals surface area contributed by atoms with E-state index in [9.17, 15) is 9.59 Å². The minimum atomic E-state index is -1.03. The molecule has 21 heavy (non-hydrogen) atoms. The van der Waals surface area contributed by atoms with Crippen molar-refractivity contribution in [3.05, 3.63) is 28.2 Å². The van der Waals surface area contributed by atoms with Gasteiger partial charge in [0.25, 0.3) is 0 Å². The second-order valence-corrected chi connectivity index (χ2v) is 5.97. The number of carbonyl (C=O) groups excluding carboxylic acids is 1. The Bertz CT molecular complexity index is 550. The van der Waals surface area contributed by atoms with Gasteiger partial charge in [-0.2, -0.15) is 0 Å². The number of benzene rings is 1. The van der Waals surface area contributed by atoms with E-state index < -0.39 is 5.97 Å². The number of carbonyl (C=O) groups is 2. The van der Waals surface area contributed by atoms with Crippen LogP contribution in [0.5, 0.6) is 0 Å². The number of rotatable bonds is 4. The van der Waals surface area contributed by atoms with Gasteiger partial charge in [-0.25, -0.2) is 9.59 Å². The molecule has 0 spiro atoms. The Morgan fingerprint density at radius 2 is 2.24 bits per heavy atom. The molecule has 1 aromatic rings. The molecular formula is C14H18BrN3O3. The topological polar surface area (TPSA) is 81.7 Å². The van der Waals surface area contributed by atoms with Crippen molar-refractivity contribution in [2.45, 2.75) is 18.9 Å². The van der Waals surface area contributed by atoms with E-state index >= 15 is 0 Å². The van der Waals surface area contributed by atoms with E-state index in [4.69, 9.17) is 5.11 Å². The molecule has 0 radical (unpaired) electrons. The van der Waals surface area contributed by atoms with Crippen molar-refractivity contribution in [2.24, 2.45) is 0 Å². The van der Waals surface area contributed by atoms with E-state index in [2.05, 4.69) is 31.5 Å². The molecule has 1 aromatic carbocycles. The van der Waals surface area contributed by atoms with Gasteiger partial charge in [-0.1, -0.05) is 0 Å². The quantitative estimate of drug-likeness (QED) is 0.774. The summed E-state index contributed by atoms with van der Waals surface area (Å²) in [5.74, 6) is -1.03. The van der Waals surface area contributed by atoms with Crippen LogP contribution in [0.4, 0.5) is 10.5 Å². The predicted molar refractivity (Wildman–Crippen MR) is 83.8 cm³/mol. The minimum Gasteiger partial charge on any atom is -0.478 e. The maximum Gasteiger partial charge on any atom is 0.335 e. The predicted octanol–water partition coefficient (Wildman–Crippen LogP) is 2.36. The molecule has 0 aliphatic carbocycles. The molecule has 0 aromatic heterocycles. The Morgan fingerprint density at radius 3 is 2.86 bits per heavy atom. The Hall–Kier alpha value is -1.60. The number of aromatic carboxylic acids is 1. The number of anilines is 1. The van der Waals surface area contributed by atoms with Gasteiger partial charge in [0.2, 0.25) is 0 Å². The summed E-state index contributed by atoms with van der Waals surface area (Å²) >= 11 is 3.29. The number of likely N-dealkylation sites (N-methyl/N-ethyl adjacent to an activating group) is 1. The van der Waals surface area contributed by atoms with E-state index in [1.54, 1.807) is 6.07 Å². The van der Waals surface area contributed by atoms with E-state index in [0.717, 1.165) is 19.4 Å². The van der Waals surface area contributed by atoms with Gasteiger partial charge in [-0.15, -0.1) is 0 Å². The first kappa shape index (κ1) is 15.8. The summed E-state index contributed by atoms with van der Waals surface area (Å²) in [7, 11) is 2.05. The number of amides is 2. The van der Waals surface area contributed by atoms with Gasteiger partial charge < -0.3 is 20.6 Å². The molecule has 6 nitrogen and oxygen atoms in total. The van der Waals surface area contributed by atoms with Gasteiger partial charge in [0.1, 0.15) is 0 Å². The molecule has 1 atom stereocenters. The first-order valence-corrected chi connectivity index (χ1v) is 7.54. The average molecular weight is 356 g/mol. The van der Waals surface area contributed by atoms with Crippen molar-refractivity contribution in [3.8, 4) is 0 Å². The Morgan fingerprint density at radius 1 is 1.48 bits per heavy atom. The summed E-state index contributed by atoms with van der Waals surface area (Å²) in [6, 6.07) is 4.53. The number of halogens is 1. The zero-order valence-electron chi connectivity index (χ0n) is 11.7. The molecule has 1 heterocycles. The van der Waals surface area contributed by atoms with Crippen molar-refractivity contribution in [1.82, 2.24) is 10.2 Å². The largest absolute Gasteiger partial charge is 0.478 e. The molecule has 2 amide bonds. The number of hydrogen-bond donors (Lipinski definition) is 3. The Kier molecular flexibility index (Phi) is 5.19. The normalized spacial score (nSPS) is 18.5. The fraction of sp³-hybridized carbons (Fsp3) is 0.429. The summed E-state index contributed by atoms with van der Waals surface area (Å²) in [5.41, 5.74) is 0.566. The molecule has 0 bridgehead atoms. The van der Waals surface area contributed by atoms with Gasteiger partial charge >= 0.3 is 12.0 Å². The highest BCUT2D eigenvalue weighted by Crippen LogP contribution is 2.23. The van der Waals surface area contributed by atoms with E-state index in [-0.39, 0.29) is 11.6 Å². The van der Waals surface area contributed by atoms with Crippen molar-refractivity contribution >= 4 is 33.6 Å². The van der Waals surface area contributed by atoms with Gasteiger partial charge in [0.05, 0.1) is 11.3 Å². The van der Waals surface area contributed by atoms with Crippen LogP contribution in [0.1, 0.15) is 23.2 Å². The lowest BCUT2D eigenvalue weighted by Gasteiger charge is -2.20. The standard InChI is InChI=1S/C14H18BrN3O3/c1-18-6-2-3-10(18)8-16-14(21)17-12-7-9(13(19)20)4-5-11(12)15/h4-5,7,10H,2-3,6,8H2,1H3,(H,19,20)(H2,16,17,21). The summed E-state index contributed by atoms with van der Waals surface area (Å²) in [4.78, 5) is 25.1. The van der Waals surface area contributed by atoms with Crippen LogP contribution >= 0.6 is 15.9 Å². The first-order chi connectivity index (χ1) is 9.97. The number of likely N-dealkylation sites (tertiary alicyclic amines) is 1. The molecule has 1 saturated heterocycles. The Balaban J connectivity index is 1.93. The number of urea groups is 1. The molecule has 1 aliphatic heterocycles. The zero-order chi connectivity index (χ0) is 15.4.